The third-order valence-electron chi connectivity index (χ3n) is 6.18. The molecule has 3 aliphatic rings. The molecule has 0 aromatic carbocycles. The van der Waals surface area contributed by atoms with Crippen molar-refractivity contribution in [3.63, 3.8) is 0 Å². The molecule has 1 aliphatic heterocycles. The summed E-state index contributed by atoms with van der Waals surface area (Å²) in [5.41, 5.74) is 7.72. The van der Waals surface area contributed by atoms with Crippen LogP contribution < -0.4 is 0 Å². The van der Waals surface area contributed by atoms with Crippen molar-refractivity contribution in [1.82, 2.24) is 4.37 Å². The van der Waals surface area contributed by atoms with E-state index in [1.807, 2.05) is 6.21 Å². The zero-order chi connectivity index (χ0) is 20.2. The molecule has 4 rings (SSSR count). The van der Waals surface area contributed by atoms with Crippen molar-refractivity contribution in [2.24, 2.45) is 21.8 Å². The molecule has 0 spiro atoms. The number of aromatic nitrogens is 1. The van der Waals surface area contributed by atoms with Crippen LogP contribution in [0, 0.1) is 18.8 Å². The van der Waals surface area contributed by atoms with E-state index in [9.17, 15) is 0 Å². The molecule has 1 saturated carbocycles. The number of aliphatic imine (C=N–C) groups is 2. The highest BCUT2D eigenvalue weighted by molar-refractivity contribution is 7.05. The largest absolute Gasteiger partial charge is 0.293 e. The normalized spacial score (nSPS) is 23.0. The monoisotopic (exact) mass is 405 g/mol. The van der Waals surface area contributed by atoms with Crippen LogP contribution in [0.2, 0.25) is 0 Å². The summed E-state index contributed by atoms with van der Waals surface area (Å²) in [5, 5.41) is 0. The fraction of sp³-hybridized carbons (Fsp3) is 0.480. The van der Waals surface area contributed by atoms with E-state index >= 15 is 0 Å². The van der Waals surface area contributed by atoms with Gasteiger partial charge < -0.3 is 0 Å². The molecule has 1 atom stereocenters. The molecule has 1 aromatic rings. The maximum atomic E-state index is 4.90. The minimum Gasteiger partial charge on any atom is -0.293 e. The maximum Gasteiger partial charge on any atom is 0.0553 e. The van der Waals surface area contributed by atoms with Gasteiger partial charge in [0.2, 0.25) is 0 Å². The average molecular weight is 406 g/mol. The van der Waals surface area contributed by atoms with Gasteiger partial charge in [0, 0.05) is 36.2 Å². The van der Waals surface area contributed by atoms with Crippen LogP contribution in [0.5, 0.6) is 0 Å². The van der Waals surface area contributed by atoms with Crippen LogP contribution in [0.1, 0.15) is 56.5 Å². The lowest BCUT2D eigenvalue weighted by atomic mass is 9.75. The second kappa shape index (κ2) is 9.17. The number of allylic oxidation sites excluding steroid dienone is 7. The van der Waals surface area contributed by atoms with Crippen molar-refractivity contribution in [1.29, 1.82) is 0 Å². The first kappa shape index (κ1) is 20.2. The predicted octanol–water partition coefficient (Wildman–Crippen LogP) is 6.43. The Labute approximate surface area is 178 Å². The Hall–Kier alpha value is -2.07. The van der Waals surface area contributed by atoms with Gasteiger partial charge in [0.25, 0.3) is 0 Å². The van der Waals surface area contributed by atoms with E-state index in [1.54, 1.807) is 11.5 Å². The molecule has 1 fully saturated rings. The molecule has 152 valence electrons. The highest BCUT2D eigenvalue weighted by Gasteiger charge is 2.32. The molecule has 1 aromatic heterocycles. The van der Waals surface area contributed by atoms with Gasteiger partial charge in [-0.2, -0.15) is 4.37 Å². The lowest BCUT2D eigenvalue weighted by Crippen LogP contribution is -2.23. The van der Waals surface area contributed by atoms with Crippen LogP contribution in [0.25, 0.3) is 0 Å². The van der Waals surface area contributed by atoms with Crippen molar-refractivity contribution in [2.45, 2.75) is 59.3 Å². The summed E-state index contributed by atoms with van der Waals surface area (Å²) in [4.78, 5) is 10.7. The molecule has 4 heteroatoms. The van der Waals surface area contributed by atoms with Gasteiger partial charge in [-0.15, -0.1) is 0 Å². The number of hydrogen-bond acceptors (Lipinski definition) is 4. The molecule has 2 heterocycles. The van der Waals surface area contributed by atoms with Gasteiger partial charge in [0.15, 0.2) is 0 Å². The van der Waals surface area contributed by atoms with Crippen molar-refractivity contribution in [2.75, 3.05) is 6.54 Å². The summed E-state index contributed by atoms with van der Waals surface area (Å²) in [6.45, 7) is 7.06. The van der Waals surface area contributed by atoms with E-state index in [2.05, 4.69) is 60.6 Å². The van der Waals surface area contributed by atoms with Crippen LogP contribution in [-0.4, -0.2) is 22.8 Å². The number of rotatable bonds is 6. The summed E-state index contributed by atoms with van der Waals surface area (Å²) in [7, 11) is 0. The van der Waals surface area contributed by atoms with E-state index < -0.39 is 0 Å². The van der Waals surface area contributed by atoms with Crippen LogP contribution in [0.4, 0.5) is 0 Å². The first-order valence-electron chi connectivity index (χ1n) is 11.0. The van der Waals surface area contributed by atoms with Crippen LogP contribution in [-0.2, 0) is 6.42 Å². The zero-order valence-electron chi connectivity index (χ0n) is 17.8. The van der Waals surface area contributed by atoms with Crippen molar-refractivity contribution in [3.05, 3.63) is 63.4 Å². The number of nitrogens with zero attached hydrogens (tertiary/aromatic N) is 3. The highest BCUT2D eigenvalue weighted by atomic mass is 32.1. The smallest absolute Gasteiger partial charge is 0.0553 e. The Morgan fingerprint density at radius 3 is 2.79 bits per heavy atom. The molecular formula is C25H31N3S. The Morgan fingerprint density at radius 1 is 1.28 bits per heavy atom. The second-order valence-electron chi connectivity index (χ2n) is 8.23. The fourth-order valence-corrected chi connectivity index (χ4v) is 5.45. The molecule has 29 heavy (non-hydrogen) atoms. The van der Waals surface area contributed by atoms with Gasteiger partial charge in [-0.3, -0.25) is 9.98 Å². The Morgan fingerprint density at radius 2 is 2.10 bits per heavy atom. The average Bonchev–Trinajstić information content (AvgIpc) is 3.36. The number of hydrogen-bond donors (Lipinski definition) is 0. The second-order valence-corrected chi connectivity index (χ2v) is 9.12. The Bertz CT molecular complexity index is 933. The summed E-state index contributed by atoms with van der Waals surface area (Å²) in [6, 6.07) is 2.22. The molecule has 0 N–H and O–H groups in total. The minimum absolute atomic E-state index is 0.260. The Kier molecular flexibility index (Phi) is 6.39. The van der Waals surface area contributed by atoms with E-state index in [-0.39, 0.29) is 5.92 Å². The first-order chi connectivity index (χ1) is 14.2. The van der Waals surface area contributed by atoms with E-state index in [1.165, 1.54) is 65.0 Å². The lowest BCUT2D eigenvalue weighted by molar-refractivity contribution is 0.406. The van der Waals surface area contributed by atoms with E-state index in [0.717, 1.165) is 18.7 Å². The number of fused-ring (bicyclic) bond motifs is 1. The minimum atomic E-state index is 0.260. The van der Waals surface area contributed by atoms with Crippen molar-refractivity contribution in [3.8, 4) is 0 Å². The van der Waals surface area contributed by atoms with Gasteiger partial charge in [0.1, 0.15) is 0 Å². The third kappa shape index (κ3) is 4.42. The van der Waals surface area contributed by atoms with Crippen LogP contribution >= 0.6 is 11.5 Å². The highest BCUT2D eigenvalue weighted by Crippen LogP contribution is 2.40. The molecule has 0 amide bonds. The quantitative estimate of drug-likeness (QED) is 0.502. The van der Waals surface area contributed by atoms with E-state index in [0.29, 0.717) is 5.92 Å². The van der Waals surface area contributed by atoms with E-state index in [4.69, 9.17) is 4.99 Å². The fourth-order valence-electron chi connectivity index (χ4n) is 4.69. The molecule has 1 unspecified atom stereocenters. The van der Waals surface area contributed by atoms with Gasteiger partial charge >= 0.3 is 0 Å². The third-order valence-corrected chi connectivity index (χ3v) is 7.05. The Balaban J connectivity index is 1.67. The summed E-state index contributed by atoms with van der Waals surface area (Å²) in [6.07, 6.45) is 18.9. The first-order valence-corrected chi connectivity index (χ1v) is 11.8. The summed E-state index contributed by atoms with van der Waals surface area (Å²) in [5.74, 6) is 0.958. The standard InChI is InChI=1S/C25H31N3S/c1-4-18(15-26-5-2)24-16-27-25-21(13-22-11-17(3)28-29-22)12-20(14-23(24)25)19-9-7-6-8-10-19/h4,11-12,14-16,19,23H,5-10,13H2,1-3H3/b18-4+,26-15?. The SMILES string of the molecule is C/C=C(\C=NCC)C1=CN=C2C(Cc3cc(C)ns3)=CC(C3CCCCC3)=CC12. The van der Waals surface area contributed by atoms with Gasteiger partial charge in [0.05, 0.1) is 11.4 Å². The molecule has 3 nitrogen and oxygen atoms in total. The molecule has 0 radical (unpaired) electrons. The predicted molar refractivity (Wildman–Crippen MR) is 125 cm³/mol. The molecule has 0 saturated heterocycles. The van der Waals surface area contributed by atoms with Gasteiger partial charge in [-0.25, -0.2) is 0 Å². The topological polar surface area (TPSA) is 37.6 Å². The summed E-state index contributed by atoms with van der Waals surface area (Å²) < 4.78 is 4.49. The maximum absolute atomic E-state index is 4.90. The van der Waals surface area contributed by atoms with Gasteiger partial charge in [-0.05, 0) is 79.4 Å². The lowest BCUT2D eigenvalue weighted by Gasteiger charge is -2.29. The van der Waals surface area contributed by atoms with Crippen LogP contribution in [0.3, 0.4) is 0 Å². The van der Waals surface area contributed by atoms with Crippen molar-refractivity contribution >= 4 is 23.5 Å². The van der Waals surface area contributed by atoms with Crippen LogP contribution in [0.15, 0.2) is 62.8 Å². The van der Waals surface area contributed by atoms with Crippen molar-refractivity contribution < 1.29 is 0 Å². The summed E-state index contributed by atoms with van der Waals surface area (Å²) >= 11 is 1.62. The molecular weight excluding hydrogens is 374 g/mol. The molecule has 0 bridgehead atoms. The molecule has 2 aliphatic carbocycles. The zero-order valence-corrected chi connectivity index (χ0v) is 18.6. The number of aryl methyl sites for hydroxylation is 1. The van der Waals surface area contributed by atoms with Gasteiger partial charge in [-0.1, -0.05) is 37.5 Å².